The van der Waals surface area contributed by atoms with Gasteiger partial charge in [0.25, 0.3) is 0 Å². The highest BCUT2D eigenvalue weighted by Crippen LogP contribution is 2.30. The van der Waals surface area contributed by atoms with Crippen molar-refractivity contribution in [3.8, 4) is 5.75 Å². The average molecular weight is 495 g/mol. The van der Waals surface area contributed by atoms with Crippen LogP contribution in [0.5, 0.6) is 5.75 Å². The van der Waals surface area contributed by atoms with Gasteiger partial charge in [0.15, 0.2) is 8.46 Å². The summed E-state index contributed by atoms with van der Waals surface area (Å²) >= 11 is 0. The molecule has 0 bridgehead atoms. The highest BCUT2D eigenvalue weighted by molar-refractivity contribution is 7.86. The molecule has 0 aromatic heterocycles. The summed E-state index contributed by atoms with van der Waals surface area (Å²) in [5, 5.41) is 0. The first-order chi connectivity index (χ1) is 15.8. The molecule has 2 aromatic carbocycles. The Bertz CT molecular complexity index is 1010. The normalized spacial score (nSPS) is 13.4. The van der Waals surface area contributed by atoms with Gasteiger partial charge < -0.3 is 9.47 Å². The van der Waals surface area contributed by atoms with Gasteiger partial charge in [-0.15, -0.1) is 0 Å². The number of benzene rings is 2. The number of esters is 1. The molecule has 2 atom stereocenters. The van der Waals surface area contributed by atoms with Crippen molar-refractivity contribution in [2.45, 2.75) is 50.6 Å². The van der Waals surface area contributed by atoms with Gasteiger partial charge in [0, 0.05) is 0 Å². The van der Waals surface area contributed by atoms with Crippen LogP contribution in [0.4, 0.5) is 0 Å². The Morgan fingerprint density at radius 1 is 1.06 bits per heavy atom. The third kappa shape index (κ3) is 8.22. The van der Waals surface area contributed by atoms with E-state index in [4.69, 9.17) is 13.7 Å². The maximum atomic E-state index is 12.9. The zero-order chi connectivity index (χ0) is 24.3. The number of aryl methyl sites for hydroxylation is 2. The van der Waals surface area contributed by atoms with Gasteiger partial charge in [0.1, 0.15) is 10.6 Å². The average Bonchev–Trinajstić information content (AvgIpc) is 2.79. The lowest BCUT2D eigenvalue weighted by Gasteiger charge is -2.21. The number of carbonyl (C=O) groups excluding carboxylic acids is 1. The molecule has 0 fully saturated rings. The highest BCUT2D eigenvalue weighted by atomic mass is 32.2. The Balaban J connectivity index is 2.13. The van der Waals surface area contributed by atoms with Gasteiger partial charge >= 0.3 is 16.1 Å². The molecule has 9 heteroatoms. The van der Waals surface area contributed by atoms with E-state index in [-0.39, 0.29) is 25.7 Å². The maximum absolute atomic E-state index is 12.9. The minimum absolute atomic E-state index is 0.104. The fourth-order valence-electron chi connectivity index (χ4n) is 3.42. The van der Waals surface area contributed by atoms with Crippen LogP contribution in [0, 0.1) is 12.8 Å². The van der Waals surface area contributed by atoms with E-state index in [0.717, 1.165) is 17.5 Å². The molecule has 2 unspecified atom stereocenters. The molecule has 0 saturated carbocycles. The molecule has 0 amide bonds. The molecule has 0 spiro atoms. The van der Waals surface area contributed by atoms with Crippen molar-refractivity contribution in [3.63, 3.8) is 0 Å². The summed E-state index contributed by atoms with van der Waals surface area (Å²) in [4.78, 5) is 12.5. The number of carbonyl (C=O) groups is 1. The molecule has 0 radical (unpaired) electrons. The van der Waals surface area contributed by atoms with Gasteiger partial charge in [-0.05, 0) is 63.3 Å². The van der Waals surface area contributed by atoms with E-state index in [2.05, 4.69) is 0 Å². The van der Waals surface area contributed by atoms with Crippen LogP contribution < -0.4 is 4.74 Å². The topological polar surface area (TPSA) is 96.0 Å². The predicted octanol–water partition coefficient (Wildman–Crippen LogP) is 4.96. The largest absolute Gasteiger partial charge is 0.492 e. The summed E-state index contributed by atoms with van der Waals surface area (Å²) < 4.78 is 53.5. The lowest BCUT2D eigenvalue weighted by atomic mass is 9.96. The van der Waals surface area contributed by atoms with E-state index in [1.807, 2.05) is 37.3 Å². The van der Waals surface area contributed by atoms with Crippen LogP contribution in [0.2, 0.25) is 0 Å². The van der Waals surface area contributed by atoms with Crippen LogP contribution in [0.15, 0.2) is 53.4 Å². The molecule has 0 aliphatic rings. The molecule has 33 heavy (non-hydrogen) atoms. The molecule has 0 aliphatic heterocycles. The summed E-state index contributed by atoms with van der Waals surface area (Å²) in [5.41, 5.74) is 1.10. The summed E-state index contributed by atoms with van der Waals surface area (Å²) in [6, 6.07) is 14.5. The van der Waals surface area contributed by atoms with E-state index < -0.39 is 34.3 Å². The second-order valence-corrected chi connectivity index (χ2v) is 9.99. The Hall–Kier alpha value is -2.28. The SMILES string of the molecule is CCOC(=O)C(CCCc1ccccc1)C(COS(=O)(=O)c1ccc(C)cc1OCC)P=O. The van der Waals surface area contributed by atoms with E-state index in [0.29, 0.717) is 19.4 Å². The third-order valence-corrected chi connectivity index (χ3v) is 7.18. The van der Waals surface area contributed by atoms with Crippen LogP contribution >= 0.6 is 8.46 Å². The van der Waals surface area contributed by atoms with Crippen LogP contribution in [0.1, 0.15) is 37.8 Å². The van der Waals surface area contributed by atoms with Crippen LogP contribution in [0.25, 0.3) is 0 Å². The number of rotatable bonds is 14. The van der Waals surface area contributed by atoms with E-state index in [9.17, 15) is 17.8 Å². The van der Waals surface area contributed by atoms with Gasteiger partial charge in [-0.3, -0.25) is 13.5 Å². The number of hydrogen-bond donors (Lipinski definition) is 0. The molecular formula is C24H31O7PS. The Kier molecular flexibility index (Phi) is 11.0. The molecule has 0 N–H and O–H groups in total. The molecule has 2 aromatic rings. The summed E-state index contributed by atoms with van der Waals surface area (Å²) in [5.74, 6) is -1.07. The molecule has 2 rings (SSSR count). The minimum Gasteiger partial charge on any atom is -0.492 e. The van der Waals surface area contributed by atoms with Crippen LogP contribution in [0.3, 0.4) is 0 Å². The molecule has 0 saturated heterocycles. The predicted molar refractivity (Wildman–Crippen MR) is 126 cm³/mol. The van der Waals surface area contributed by atoms with Crippen molar-refractivity contribution in [2.24, 2.45) is 5.92 Å². The fraction of sp³-hybridized carbons (Fsp3) is 0.458. The van der Waals surface area contributed by atoms with Crippen LogP contribution in [-0.2, 0) is 34.8 Å². The summed E-state index contributed by atoms with van der Waals surface area (Å²) in [6.07, 6.45) is 1.78. The first-order valence-corrected chi connectivity index (χ1v) is 13.3. The number of hydrogen-bond acceptors (Lipinski definition) is 7. The van der Waals surface area contributed by atoms with Crippen molar-refractivity contribution in [2.75, 3.05) is 19.8 Å². The molecule has 7 nitrogen and oxygen atoms in total. The van der Waals surface area contributed by atoms with Crippen molar-refractivity contribution < 1.29 is 31.4 Å². The second kappa shape index (κ2) is 13.4. The van der Waals surface area contributed by atoms with Crippen molar-refractivity contribution in [1.82, 2.24) is 0 Å². The number of ether oxygens (including phenoxy) is 2. The van der Waals surface area contributed by atoms with Gasteiger partial charge in [0.05, 0.1) is 31.4 Å². The van der Waals surface area contributed by atoms with Crippen LogP contribution in [-0.4, -0.2) is 39.9 Å². The third-order valence-electron chi connectivity index (χ3n) is 5.07. The van der Waals surface area contributed by atoms with Crippen molar-refractivity contribution in [1.29, 1.82) is 0 Å². The molecule has 0 aliphatic carbocycles. The standard InChI is InChI=1S/C24H31O7PS/c1-4-29-21-16-18(3)14-15-23(21)33(27,28)31-17-22(32-26)20(24(25)30-5-2)13-9-12-19-10-7-6-8-11-19/h6-8,10-11,14-16,20,22H,4-5,9,12-13,17H2,1-3H3. The Morgan fingerprint density at radius 3 is 2.42 bits per heavy atom. The van der Waals surface area contributed by atoms with Gasteiger partial charge in [0.2, 0.25) is 0 Å². The van der Waals surface area contributed by atoms with E-state index in [1.54, 1.807) is 26.0 Å². The highest BCUT2D eigenvalue weighted by Gasteiger charge is 2.32. The quantitative estimate of drug-likeness (QED) is 0.208. The molecular weight excluding hydrogens is 463 g/mol. The lowest BCUT2D eigenvalue weighted by molar-refractivity contribution is -0.148. The van der Waals surface area contributed by atoms with E-state index >= 15 is 0 Å². The first kappa shape index (κ1) is 27.0. The van der Waals surface area contributed by atoms with Gasteiger partial charge in [-0.1, -0.05) is 36.4 Å². The zero-order valence-corrected chi connectivity index (χ0v) is 20.9. The smallest absolute Gasteiger partial charge is 0.310 e. The second-order valence-electron chi connectivity index (χ2n) is 7.53. The maximum Gasteiger partial charge on any atom is 0.310 e. The molecule has 0 heterocycles. The molecule has 180 valence electrons. The van der Waals surface area contributed by atoms with E-state index in [1.165, 1.54) is 6.07 Å². The first-order valence-electron chi connectivity index (χ1n) is 11.0. The zero-order valence-electron chi connectivity index (χ0n) is 19.2. The fourth-order valence-corrected chi connectivity index (χ4v) is 5.13. The van der Waals surface area contributed by atoms with Crippen molar-refractivity contribution in [3.05, 3.63) is 59.7 Å². The summed E-state index contributed by atoms with van der Waals surface area (Å²) in [6.45, 7) is 5.33. The Morgan fingerprint density at radius 2 is 1.79 bits per heavy atom. The summed E-state index contributed by atoms with van der Waals surface area (Å²) in [7, 11) is -4.57. The Labute approximate surface area is 197 Å². The van der Waals surface area contributed by atoms with Crippen molar-refractivity contribution >= 4 is 24.5 Å². The minimum atomic E-state index is -4.19. The lowest BCUT2D eigenvalue weighted by Crippen LogP contribution is -2.31. The van der Waals surface area contributed by atoms with Gasteiger partial charge in [-0.2, -0.15) is 8.42 Å². The van der Waals surface area contributed by atoms with Gasteiger partial charge in [-0.25, -0.2) is 0 Å². The monoisotopic (exact) mass is 494 g/mol.